The molecular weight excluding hydrogens is 438 g/mol. The summed E-state index contributed by atoms with van der Waals surface area (Å²) in [5.41, 5.74) is 2.07. The Bertz CT molecular complexity index is 1190. The summed E-state index contributed by atoms with van der Waals surface area (Å²) in [7, 11) is -4.16. The molecule has 0 heterocycles. The Kier molecular flexibility index (Phi) is 7.76. The fraction of sp³-hybridized carbons (Fsp3) is 0.269. The van der Waals surface area contributed by atoms with Crippen molar-refractivity contribution in [3.8, 4) is 11.5 Å². The number of ether oxygens (including phenoxy) is 2. The van der Waals surface area contributed by atoms with Gasteiger partial charge in [0.1, 0.15) is 11.5 Å². The molecule has 0 unspecified atom stereocenters. The molecule has 0 atom stereocenters. The zero-order valence-corrected chi connectivity index (χ0v) is 20.1. The minimum atomic E-state index is -4.16. The van der Waals surface area contributed by atoms with Gasteiger partial charge in [0, 0.05) is 0 Å². The van der Waals surface area contributed by atoms with Gasteiger partial charge in [0.15, 0.2) is 6.61 Å². The molecule has 3 aromatic carbocycles. The monoisotopic (exact) mass is 467 g/mol. The van der Waals surface area contributed by atoms with Crippen LogP contribution in [0.3, 0.4) is 0 Å². The van der Waals surface area contributed by atoms with Gasteiger partial charge >= 0.3 is 0 Å². The number of sulfonamides is 1. The van der Waals surface area contributed by atoms with Gasteiger partial charge in [-0.15, -0.1) is 0 Å². The fourth-order valence-corrected chi connectivity index (χ4v) is 4.77. The van der Waals surface area contributed by atoms with Gasteiger partial charge in [-0.25, -0.2) is 8.42 Å². The summed E-state index contributed by atoms with van der Waals surface area (Å²) in [6, 6.07) is 20.2. The molecule has 0 aromatic heterocycles. The zero-order chi connectivity index (χ0) is 24.0. The first-order valence-corrected chi connectivity index (χ1v) is 12.3. The summed E-state index contributed by atoms with van der Waals surface area (Å²) in [5.74, 6) is 0.636. The van der Waals surface area contributed by atoms with Crippen LogP contribution in [0.25, 0.3) is 0 Å². The summed E-state index contributed by atoms with van der Waals surface area (Å²) >= 11 is 0. The smallest absolute Gasteiger partial charge is 0.278 e. The average molecular weight is 468 g/mol. The van der Waals surface area contributed by atoms with Crippen molar-refractivity contribution in [3.05, 3.63) is 83.9 Å². The lowest BCUT2D eigenvalue weighted by atomic mass is 10.0. The van der Waals surface area contributed by atoms with E-state index in [1.807, 2.05) is 45.9 Å². The molecule has 3 rings (SSSR count). The van der Waals surface area contributed by atoms with Gasteiger partial charge in [-0.2, -0.15) is 4.31 Å². The van der Waals surface area contributed by atoms with Gasteiger partial charge in [-0.1, -0.05) is 49.7 Å². The average Bonchev–Trinajstić information content (AvgIpc) is 2.79. The van der Waals surface area contributed by atoms with Crippen LogP contribution in [0.1, 0.15) is 37.8 Å². The lowest BCUT2D eigenvalue weighted by molar-refractivity contribution is -0.119. The number of carbonyl (C=O) groups excluding carboxylic acids is 1. The predicted molar refractivity (Wildman–Crippen MR) is 129 cm³/mol. The van der Waals surface area contributed by atoms with Crippen LogP contribution < -0.4 is 13.8 Å². The molecule has 6 nitrogen and oxygen atoms in total. The molecule has 0 radical (unpaired) electrons. The molecule has 33 heavy (non-hydrogen) atoms. The number of anilines is 1. The third-order valence-corrected chi connectivity index (χ3v) is 6.82. The Balaban J connectivity index is 1.96. The Labute approximate surface area is 195 Å². The van der Waals surface area contributed by atoms with Crippen molar-refractivity contribution in [2.24, 2.45) is 0 Å². The minimum Gasteiger partial charge on any atom is -0.494 e. The molecule has 0 saturated carbocycles. The molecule has 0 aliphatic heterocycles. The first kappa shape index (κ1) is 24.3. The molecule has 0 bridgehead atoms. The molecular formula is C26H29NO5S. The van der Waals surface area contributed by atoms with E-state index in [1.54, 1.807) is 42.5 Å². The van der Waals surface area contributed by atoms with Gasteiger partial charge < -0.3 is 9.47 Å². The third-order valence-electron chi connectivity index (χ3n) is 5.06. The van der Waals surface area contributed by atoms with E-state index in [0.717, 1.165) is 15.4 Å². The summed E-state index contributed by atoms with van der Waals surface area (Å²) in [6.07, 6.45) is 0. The normalized spacial score (nSPS) is 11.3. The molecule has 0 aliphatic carbocycles. The summed E-state index contributed by atoms with van der Waals surface area (Å²) < 4.78 is 39.0. The van der Waals surface area contributed by atoms with Crippen molar-refractivity contribution in [2.45, 2.75) is 38.5 Å². The quantitative estimate of drug-likeness (QED) is 0.426. The second-order valence-corrected chi connectivity index (χ2v) is 9.67. The summed E-state index contributed by atoms with van der Waals surface area (Å²) in [5, 5.41) is 0. The van der Waals surface area contributed by atoms with Crippen molar-refractivity contribution in [1.82, 2.24) is 0 Å². The van der Waals surface area contributed by atoms with E-state index in [-0.39, 0.29) is 16.5 Å². The first-order chi connectivity index (χ1) is 15.7. The van der Waals surface area contributed by atoms with E-state index in [2.05, 4.69) is 0 Å². The number of carbonyl (C=O) groups is 1. The highest BCUT2D eigenvalue weighted by Crippen LogP contribution is 2.28. The third kappa shape index (κ3) is 5.73. The van der Waals surface area contributed by atoms with Crippen LogP contribution in [0.2, 0.25) is 0 Å². The molecule has 0 saturated heterocycles. The molecule has 7 heteroatoms. The van der Waals surface area contributed by atoms with Crippen LogP contribution in [0.15, 0.2) is 77.7 Å². The number of hydrogen-bond donors (Lipinski definition) is 0. The highest BCUT2D eigenvalue weighted by molar-refractivity contribution is 7.93. The molecule has 0 spiro atoms. The lowest BCUT2D eigenvalue weighted by Crippen LogP contribution is -2.40. The van der Waals surface area contributed by atoms with Crippen molar-refractivity contribution in [3.63, 3.8) is 0 Å². The maximum atomic E-state index is 13.5. The number of rotatable bonds is 9. The van der Waals surface area contributed by atoms with Crippen LogP contribution in [0, 0.1) is 6.92 Å². The molecule has 0 N–H and O–H groups in total. The van der Waals surface area contributed by atoms with Gasteiger partial charge in [0.2, 0.25) is 0 Å². The van der Waals surface area contributed by atoms with Crippen LogP contribution >= 0.6 is 0 Å². The second kappa shape index (κ2) is 10.5. The number of para-hydroxylation sites is 1. The maximum absolute atomic E-state index is 13.5. The van der Waals surface area contributed by atoms with E-state index < -0.39 is 22.5 Å². The van der Waals surface area contributed by atoms with E-state index in [9.17, 15) is 13.2 Å². The van der Waals surface area contributed by atoms with Gasteiger partial charge in [-0.05, 0) is 67.8 Å². The molecule has 0 aliphatic rings. The Morgan fingerprint density at radius 1 is 0.909 bits per heavy atom. The molecule has 0 fully saturated rings. The summed E-state index contributed by atoms with van der Waals surface area (Å²) in [6.45, 7) is 7.83. The van der Waals surface area contributed by atoms with Crippen molar-refractivity contribution in [2.75, 3.05) is 17.5 Å². The van der Waals surface area contributed by atoms with Crippen molar-refractivity contribution < 1.29 is 22.7 Å². The maximum Gasteiger partial charge on any atom is 0.278 e. The number of hydrogen-bond acceptors (Lipinski definition) is 5. The largest absolute Gasteiger partial charge is 0.494 e. The van der Waals surface area contributed by atoms with Gasteiger partial charge in [0.25, 0.3) is 15.9 Å². The number of aryl methyl sites for hydroxylation is 1. The Morgan fingerprint density at radius 3 is 2.15 bits per heavy atom. The first-order valence-electron chi connectivity index (χ1n) is 10.8. The lowest BCUT2D eigenvalue weighted by Gasteiger charge is -2.23. The fourth-order valence-electron chi connectivity index (χ4n) is 3.36. The van der Waals surface area contributed by atoms with Crippen LogP contribution in [0.5, 0.6) is 11.5 Å². The SMILES string of the molecule is CCOc1ccc(N(C(=O)COc2ccccc2C(C)C)S(=O)(=O)c2ccc(C)cc2)cc1. The van der Waals surface area contributed by atoms with E-state index in [4.69, 9.17) is 9.47 Å². The van der Waals surface area contributed by atoms with Crippen LogP contribution in [0.4, 0.5) is 5.69 Å². The van der Waals surface area contributed by atoms with E-state index in [0.29, 0.717) is 18.1 Å². The highest BCUT2D eigenvalue weighted by Gasteiger charge is 2.31. The van der Waals surface area contributed by atoms with E-state index >= 15 is 0 Å². The Hall–Kier alpha value is -3.32. The van der Waals surface area contributed by atoms with Crippen molar-refractivity contribution >= 4 is 21.6 Å². The number of nitrogens with zero attached hydrogens (tertiary/aromatic N) is 1. The molecule has 174 valence electrons. The standard InChI is InChI=1S/C26H29NO5S/c1-5-31-22-14-12-21(13-15-22)27(33(29,30)23-16-10-20(4)11-17-23)26(28)18-32-25-9-7-6-8-24(25)19(2)3/h6-17,19H,5,18H2,1-4H3. The number of amides is 1. The molecule has 3 aromatic rings. The Morgan fingerprint density at radius 2 is 1.55 bits per heavy atom. The number of benzene rings is 3. The van der Waals surface area contributed by atoms with Crippen molar-refractivity contribution in [1.29, 1.82) is 0 Å². The van der Waals surface area contributed by atoms with E-state index in [1.165, 1.54) is 12.1 Å². The predicted octanol–water partition coefficient (Wildman–Crippen LogP) is 5.32. The van der Waals surface area contributed by atoms with Crippen LogP contribution in [-0.2, 0) is 14.8 Å². The van der Waals surface area contributed by atoms with Gasteiger partial charge in [0.05, 0.1) is 17.2 Å². The molecule has 1 amide bonds. The second-order valence-electron chi connectivity index (χ2n) is 7.88. The zero-order valence-electron chi connectivity index (χ0n) is 19.3. The van der Waals surface area contributed by atoms with Gasteiger partial charge in [-0.3, -0.25) is 4.79 Å². The summed E-state index contributed by atoms with van der Waals surface area (Å²) in [4.78, 5) is 13.3. The van der Waals surface area contributed by atoms with Crippen LogP contribution in [-0.4, -0.2) is 27.5 Å². The topological polar surface area (TPSA) is 72.9 Å². The minimum absolute atomic E-state index is 0.0258. The highest BCUT2D eigenvalue weighted by atomic mass is 32.2.